The Balaban J connectivity index is 1.25. The summed E-state index contributed by atoms with van der Waals surface area (Å²) in [5.41, 5.74) is 0.747. The Hall–Kier alpha value is -3.58. The highest BCUT2D eigenvalue weighted by molar-refractivity contribution is 7.89. The third-order valence-electron chi connectivity index (χ3n) is 5.55. The van der Waals surface area contributed by atoms with E-state index in [4.69, 9.17) is 0 Å². The van der Waals surface area contributed by atoms with Gasteiger partial charge in [0.15, 0.2) is 0 Å². The van der Waals surface area contributed by atoms with Gasteiger partial charge < -0.3 is 0 Å². The molecule has 0 bridgehead atoms. The highest BCUT2D eigenvalue weighted by atomic mass is 32.2. The molecule has 34 heavy (non-hydrogen) atoms. The Morgan fingerprint density at radius 2 is 1.68 bits per heavy atom. The Kier molecular flexibility index (Phi) is 5.44. The first-order valence-corrected chi connectivity index (χ1v) is 11.7. The molecule has 1 saturated heterocycles. The summed E-state index contributed by atoms with van der Waals surface area (Å²) in [5, 5.41) is 16.2. The Bertz CT molecular complexity index is 1390. The standard InChI is InChI=1S/C21H18F3N7O2S/c22-21(23,24)17-3-1-2-16(10-17)15-4-6-20(7-5-15)34(32,33)29-13-19(14-29)30-11-18(27-28-30)12-31-25-8-9-26-31/h1-11,19H,12-14H2. The monoisotopic (exact) mass is 489 g/mol. The van der Waals surface area contributed by atoms with Gasteiger partial charge in [0.25, 0.3) is 0 Å². The molecule has 0 N–H and O–H groups in total. The highest BCUT2D eigenvalue weighted by Crippen LogP contribution is 2.33. The zero-order valence-electron chi connectivity index (χ0n) is 17.5. The summed E-state index contributed by atoms with van der Waals surface area (Å²) in [7, 11) is -3.74. The average Bonchev–Trinajstić information content (AvgIpc) is 3.45. The molecule has 1 aliphatic rings. The zero-order valence-corrected chi connectivity index (χ0v) is 18.4. The van der Waals surface area contributed by atoms with Gasteiger partial charge in [0.1, 0.15) is 12.2 Å². The summed E-state index contributed by atoms with van der Waals surface area (Å²) >= 11 is 0. The molecule has 0 aliphatic carbocycles. The van der Waals surface area contributed by atoms with E-state index in [0.29, 0.717) is 23.4 Å². The maximum absolute atomic E-state index is 13.0. The lowest BCUT2D eigenvalue weighted by molar-refractivity contribution is -0.137. The van der Waals surface area contributed by atoms with Gasteiger partial charge in [-0.1, -0.05) is 29.5 Å². The van der Waals surface area contributed by atoms with E-state index < -0.39 is 21.8 Å². The topological polar surface area (TPSA) is 98.8 Å². The van der Waals surface area contributed by atoms with Crippen molar-refractivity contribution >= 4 is 10.0 Å². The fraction of sp³-hybridized carbons (Fsp3) is 0.238. The molecule has 176 valence electrons. The zero-order chi connectivity index (χ0) is 23.9. The maximum atomic E-state index is 13.0. The largest absolute Gasteiger partial charge is 0.416 e. The predicted molar refractivity (Wildman–Crippen MR) is 114 cm³/mol. The van der Waals surface area contributed by atoms with Crippen molar-refractivity contribution in [3.63, 3.8) is 0 Å². The highest BCUT2D eigenvalue weighted by Gasteiger charge is 2.38. The van der Waals surface area contributed by atoms with Crippen molar-refractivity contribution < 1.29 is 21.6 Å². The van der Waals surface area contributed by atoms with Gasteiger partial charge in [0.2, 0.25) is 10.0 Å². The van der Waals surface area contributed by atoms with Crippen LogP contribution in [-0.4, -0.2) is 55.8 Å². The second-order valence-electron chi connectivity index (χ2n) is 7.83. The van der Waals surface area contributed by atoms with E-state index in [1.807, 2.05) is 0 Å². The van der Waals surface area contributed by atoms with E-state index >= 15 is 0 Å². The van der Waals surface area contributed by atoms with Crippen molar-refractivity contribution in [1.82, 2.24) is 34.3 Å². The smallest absolute Gasteiger partial charge is 0.246 e. The summed E-state index contributed by atoms with van der Waals surface area (Å²) in [6.07, 6.45) is 0.409. The first-order chi connectivity index (χ1) is 16.2. The van der Waals surface area contributed by atoms with Gasteiger partial charge in [0, 0.05) is 13.1 Å². The number of hydrogen-bond donors (Lipinski definition) is 0. The van der Waals surface area contributed by atoms with Crippen molar-refractivity contribution in [3.05, 3.63) is 78.4 Å². The molecule has 2 aromatic carbocycles. The molecule has 4 aromatic rings. The van der Waals surface area contributed by atoms with Gasteiger partial charge in [-0.15, -0.1) is 5.10 Å². The first kappa shape index (κ1) is 22.2. The van der Waals surface area contributed by atoms with Crippen LogP contribution < -0.4 is 0 Å². The minimum atomic E-state index is -4.45. The fourth-order valence-corrected chi connectivity index (χ4v) is 5.17. The maximum Gasteiger partial charge on any atom is 0.416 e. The first-order valence-electron chi connectivity index (χ1n) is 10.2. The van der Waals surface area contributed by atoms with E-state index in [0.717, 1.165) is 12.1 Å². The van der Waals surface area contributed by atoms with Crippen molar-refractivity contribution in [1.29, 1.82) is 0 Å². The molecule has 3 heterocycles. The van der Waals surface area contributed by atoms with Crippen LogP contribution in [-0.2, 0) is 22.7 Å². The summed E-state index contributed by atoms with van der Waals surface area (Å²) in [5.74, 6) is 0. The van der Waals surface area contributed by atoms with Crippen LogP contribution in [0, 0.1) is 0 Å². The number of sulfonamides is 1. The van der Waals surface area contributed by atoms with Gasteiger partial charge >= 0.3 is 6.18 Å². The number of aromatic nitrogens is 6. The van der Waals surface area contributed by atoms with Crippen LogP contribution in [0.15, 0.2) is 72.0 Å². The molecule has 0 atom stereocenters. The molecule has 5 rings (SSSR count). The van der Waals surface area contributed by atoms with Crippen LogP contribution in [0.5, 0.6) is 0 Å². The van der Waals surface area contributed by atoms with Gasteiger partial charge in [-0.3, -0.25) is 0 Å². The summed E-state index contributed by atoms with van der Waals surface area (Å²) in [4.78, 5) is 1.54. The second-order valence-corrected chi connectivity index (χ2v) is 9.77. The molecule has 0 amide bonds. The Morgan fingerprint density at radius 3 is 2.35 bits per heavy atom. The number of benzene rings is 2. The van der Waals surface area contributed by atoms with Crippen LogP contribution in [0.1, 0.15) is 17.3 Å². The van der Waals surface area contributed by atoms with E-state index in [1.54, 1.807) is 29.3 Å². The van der Waals surface area contributed by atoms with Crippen molar-refractivity contribution in [2.24, 2.45) is 0 Å². The molecule has 13 heteroatoms. The lowest BCUT2D eigenvalue weighted by Crippen LogP contribution is -2.50. The van der Waals surface area contributed by atoms with Crippen molar-refractivity contribution in [2.75, 3.05) is 13.1 Å². The molecule has 2 aromatic heterocycles. The van der Waals surface area contributed by atoms with E-state index in [-0.39, 0.29) is 24.0 Å². The molecule has 0 unspecified atom stereocenters. The molecule has 9 nitrogen and oxygen atoms in total. The summed E-state index contributed by atoms with van der Waals surface area (Å²) < 4.78 is 67.8. The SMILES string of the molecule is O=S(=O)(c1ccc(-c2cccc(C(F)(F)F)c2)cc1)N1CC(n2cc(Cn3nccn3)nn2)C1. The Morgan fingerprint density at radius 1 is 0.971 bits per heavy atom. The van der Waals surface area contributed by atoms with Gasteiger partial charge in [-0.2, -0.15) is 32.5 Å². The van der Waals surface area contributed by atoms with E-state index in [9.17, 15) is 21.6 Å². The van der Waals surface area contributed by atoms with E-state index in [1.165, 1.54) is 39.4 Å². The molecule has 0 radical (unpaired) electrons. The summed E-state index contributed by atoms with van der Waals surface area (Å²) in [6, 6.07) is 10.6. The number of rotatable bonds is 6. The minimum Gasteiger partial charge on any atom is -0.246 e. The van der Waals surface area contributed by atoms with Crippen LogP contribution in [0.4, 0.5) is 13.2 Å². The lowest BCUT2D eigenvalue weighted by atomic mass is 10.0. The van der Waals surface area contributed by atoms with Gasteiger partial charge in [-0.05, 0) is 35.4 Å². The molecule has 0 spiro atoms. The number of nitrogens with zero attached hydrogens (tertiary/aromatic N) is 7. The molecule has 1 fully saturated rings. The predicted octanol–water partition coefficient (Wildman–Crippen LogP) is 2.85. The van der Waals surface area contributed by atoms with Crippen molar-refractivity contribution in [2.45, 2.75) is 23.7 Å². The quantitative estimate of drug-likeness (QED) is 0.413. The number of alkyl halides is 3. The average molecular weight is 489 g/mol. The van der Waals surface area contributed by atoms with Crippen LogP contribution in [0.2, 0.25) is 0 Å². The fourth-order valence-electron chi connectivity index (χ4n) is 3.66. The Labute approximate surface area is 192 Å². The number of hydrogen-bond acceptors (Lipinski definition) is 6. The van der Waals surface area contributed by atoms with Crippen molar-refractivity contribution in [3.8, 4) is 11.1 Å². The molecular weight excluding hydrogens is 471 g/mol. The molecule has 1 aliphatic heterocycles. The normalized spacial score (nSPS) is 15.4. The molecular formula is C21H18F3N7O2S. The van der Waals surface area contributed by atoms with Gasteiger partial charge in [-0.25, -0.2) is 13.1 Å². The van der Waals surface area contributed by atoms with Crippen LogP contribution in [0.25, 0.3) is 11.1 Å². The third-order valence-corrected chi connectivity index (χ3v) is 7.39. The third kappa shape index (κ3) is 4.31. The van der Waals surface area contributed by atoms with Crippen LogP contribution in [0.3, 0.4) is 0 Å². The summed E-state index contributed by atoms with van der Waals surface area (Å²) in [6.45, 7) is 0.834. The minimum absolute atomic E-state index is 0.0747. The van der Waals surface area contributed by atoms with Crippen LogP contribution >= 0.6 is 0 Å². The second kappa shape index (κ2) is 8.33. The molecule has 0 saturated carbocycles. The van der Waals surface area contributed by atoms with Gasteiger partial charge in [0.05, 0.1) is 35.1 Å². The van der Waals surface area contributed by atoms with E-state index in [2.05, 4.69) is 20.5 Å². The number of halogens is 3. The lowest BCUT2D eigenvalue weighted by Gasteiger charge is -2.37.